The van der Waals surface area contributed by atoms with Gasteiger partial charge in [-0.3, -0.25) is 14.7 Å². The molecule has 2 heterocycles. The molecule has 1 aliphatic heterocycles. The molecular weight excluding hydrogens is 453 g/mol. The van der Waals surface area contributed by atoms with Crippen LogP contribution in [-0.2, 0) is 16.2 Å². The molecule has 3 aromatic rings. The number of nitro benzene ring substituents is 1. The quantitative estimate of drug-likeness (QED) is 0.464. The largest absolute Gasteiger partial charge is 0.416 e. The minimum atomic E-state index is -4.85. The number of nitrogens with zero attached hydrogens (tertiary/aromatic N) is 3. The van der Waals surface area contributed by atoms with Crippen LogP contribution in [0.3, 0.4) is 0 Å². The highest BCUT2D eigenvalue weighted by Gasteiger charge is 2.38. The van der Waals surface area contributed by atoms with Gasteiger partial charge in [-0.05, 0) is 37.1 Å². The molecule has 13 heteroatoms. The third-order valence-corrected chi connectivity index (χ3v) is 7.46. The second kappa shape index (κ2) is 7.74. The lowest BCUT2D eigenvalue weighted by Crippen LogP contribution is -2.40. The van der Waals surface area contributed by atoms with Gasteiger partial charge in [0.1, 0.15) is 0 Å². The van der Waals surface area contributed by atoms with E-state index >= 15 is 0 Å². The number of para-hydroxylation sites is 2. The summed E-state index contributed by atoms with van der Waals surface area (Å²) in [5.74, 6) is 0. The Balaban J connectivity index is 1.61. The Hall–Kier alpha value is -3.19. The van der Waals surface area contributed by atoms with Crippen LogP contribution in [0.2, 0.25) is 0 Å². The predicted molar refractivity (Wildman–Crippen MR) is 108 cm³/mol. The molecule has 9 nitrogen and oxygen atoms in total. The molecular formula is C19H17F3N4O5S. The molecule has 0 bridgehead atoms. The van der Waals surface area contributed by atoms with Crippen LogP contribution in [0.5, 0.6) is 0 Å². The lowest BCUT2D eigenvalue weighted by atomic mass is 10.1. The number of aromatic amines is 1. The van der Waals surface area contributed by atoms with Gasteiger partial charge in [-0.1, -0.05) is 12.1 Å². The molecule has 0 aliphatic carbocycles. The van der Waals surface area contributed by atoms with Crippen LogP contribution in [0.4, 0.5) is 18.9 Å². The Kier molecular flexibility index (Phi) is 5.33. The maximum atomic E-state index is 13.0. The fraction of sp³-hybridized carbons (Fsp3) is 0.316. The molecule has 0 spiro atoms. The number of nitrogens with one attached hydrogen (secondary N) is 1. The van der Waals surface area contributed by atoms with Gasteiger partial charge in [-0.25, -0.2) is 13.2 Å². The summed E-state index contributed by atoms with van der Waals surface area (Å²) in [6, 6.07) is 8.12. The second-order valence-corrected chi connectivity index (χ2v) is 9.30. The van der Waals surface area contributed by atoms with E-state index in [9.17, 15) is 36.5 Å². The summed E-state index contributed by atoms with van der Waals surface area (Å²) in [6.45, 7) is -0.0890. The van der Waals surface area contributed by atoms with Gasteiger partial charge in [-0.2, -0.15) is 17.5 Å². The van der Waals surface area contributed by atoms with Gasteiger partial charge in [-0.15, -0.1) is 0 Å². The highest BCUT2D eigenvalue weighted by molar-refractivity contribution is 7.89. The molecule has 1 saturated heterocycles. The summed E-state index contributed by atoms with van der Waals surface area (Å²) in [4.78, 5) is 24.5. The number of fused-ring (bicyclic) bond motifs is 1. The first kappa shape index (κ1) is 22.0. The average Bonchev–Trinajstić information content (AvgIpc) is 3.08. The van der Waals surface area contributed by atoms with E-state index in [2.05, 4.69) is 4.98 Å². The van der Waals surface area contributed by atoms with Gasteiger partial charge >= 0.3 is 11.9 Å². The van der Waals surface area contributed by atoms with Crippen molar-refractivity contribution in [2.75, 3.05) is 13.1 Å². The van der Waals surface area contributed by atoms with Gasteiger partial charge in [0.05, 0.1) is 21.5 Å². The topological polar surface area (TPSA) is 118 Å². The third kappa shape index (κ3) is 3.77. The van der Waals surface area contributed by atoms with E-state index in [1.165, 1.54) is 0 Å². The van der Waals surface area contributed by atoms with Crippen molar-refractivity contribution in [1.29, 1.82) is 0 Å². The number of H-pyrrole nitrogens is 1. The predicted octanol–water partition coefficient (Wildman–Crippen LogP) is 3.28. The lowest BCUT2D eigenvalue weighted by molar-refractivity contribution is -0.388. The third-order valence-electron chi connectivity index (χ3n) is 5.51. The van der Waals surface area contributed by atoms with Crippen molar-refractivity contribution in [3.63, 3.8) is 0 Å². The molecule has 2 aromatic carbocycles. The van der Waals surface area contributed by atoms with E-state index in [-0.39, 0.29) is 43.7 Å². The Morgan fingerprint density at radius 3 is 2.38 bits per heavy atom. The van der Waals surface area contributed by atoms with Crippen LogP contribution in [0.1, 0.15) is 24.4 Å². The molecule has 170 valence electrons. The number of aromatic nitrogens is 2. The summed E-state index contributed by atoms with van der Waals surface area (Å²) in [6.07, 6.45) is -4.33. The Morgan fingerprint density at radius 2 is 1.75 bits per heavy atom. The number of sulfonamides is 1. The summed E-state index contributed by atoms with van der Waals surface area (Å²) in [5.41, 5.74) is -1.44. The van der Waals surface area contributed by atoms with Crippen molar-refractivity contribution in [3.8, 4) is 0 Å². The lowest BCUT2D eigenvalue weighted by Gasteiger charge is -2.31. The number of rotatable bonds is 4. The van der Waals surface area contributed by atoms with E-state index in [4.69, 9.17) is 0 Å². The van der Waals surface area contributed by atoms with Crippen molar-refractivity contribution in [2.45, 2.75) is 30.0 Å². The van der Waals surface area contributed by atoms with Crippen LogP contribution >= 0.6 is 0 Å². The van der Waals surface area contributed by atoms with Crippen LogP contribution < -0.4 is 5.69 Å². The number of piperidine rings is 1. The molecule has 4 rings (SSSR count). The Labute approximate surface area is 179 Å². The Bertz CT molecular complexity index is 1360. The van der Waals surface area contributed by atoms with Crippen molar-refractivity contribution < 1.29 is 26.5 Å². The number of alkyl halides is 3. The molecule has 0 atom stereocenters. The zero-order chi connectivity index (χ0) is 23.3. The number of nitro groups is 1. The number of benzene rings is 2. The molecule has 0 radical (unpaired) electrons. The van der Waals surface area contributed by atoms with E-state index in [1.807, 2.05) is 0 Å². The van der Waals surface area contributed by atoms with Crippen LogP contribution in [0.15, 0.2) is 52.2 Å². The molecule has 1 fully saturated rings. The van der Waals surface area contributed by atoms with Gasteiger partial charge in [0.15, 0.2) is 4.90 Å². The summed E-state index contributed by atoms with van der Waals surface area (Å²) >= 11 is 0. The van der Waals surface area contributed by atoms with Crippen molar-refractivity contribution in [2.24, 2.45) is 0 Å². The highest BCUT2D eigenvalue weighted by atomic mass is 32.2. The van der Waals surface area contributed by atoms with Crippen molar-refractivity contribution >= 4 is 26.7 Å². The van der Waals surface area contributed by atoms with E-state index < -0.39 is 37.3 Å². The molecule has 32 heavy (non-hydrogen) atoms. The first-order chi connectivity index (χ1) is 15.0. The number of hydrogen-bond donors (Lipinski definition) is 1. The first-order valence-electron chi connectivity index (χ1n) is 9.55. The number of hydrogen-bond acceptors (Lipinski definition) is 5. The van der Waals surface area contributed by atoms with Crippen LogP contribution in [0, 0.1) is 10.1 Å². The molecule has 0 unspecified atom stereocenters. The van der Waals surface area contributed by atoms with Crippen molar-refractivity contribution in [1.82, 2.24) is 13.9 Å². The SMILES string of the molecule is O=c1[nH]c2ccccc2n1C1CCN(S(=O)(=O)c2ccc(C(F)(F)F)cc2[N+](=O)[O-])CC1. The zero-order valence-corrected chi connectivity index (χ0v) is 17.2. The van der Waals surface area contributed by atoms with Gasteiger partial charge in [0, 0.05) is 25.2 Å². The molecule has 1 aromatic heterocycles. The van der Waals surface area contributed by atoms with E-state index in [1.54, 1.807) is 28.8 Å². The minimum Gasteiger partial charge on any atom is -0.306 e. The zero-order valence-electron chi connectivity index (χ0n) is 16.4. The molecule has 1 aliphatic rings. The first-order valence-corrected chi connectivity index (χ1v) is 11.0. The van der Waals surface area contributed by atoms with E-state index in [0.29, 0.717) is 23.2 Å². The number of halogens is 3. The Morgan fingerprint density at radius 1 is 1.09 bits per heavy atom. The fourth-order valence-corrected chi connectivity index (χ4v) is 5.58. The van der Waals surface area contributed by atoms with Crippen LogP contribution in [0.25, 0.3) is 11.0 Å². The standard InChI is InChI=1S/C19H17F3N4O5S/c20-19(21,22)12-5-6-17(16(11-12)26(28)29)32(30,31)24-9-7-13(8-10-24)25-15-4-2-1-3-14(15)23-18(25)27/h1-6,11,13H,7-10H2,(H,23,27). The van der Waals surface area contributed by atoms with Crippen LogP contribution in [-0.4, -0.2) is 40.3 Å². The van der Waals surface area contributed by atoms with Gasteiger partial charge < -0.3 is 4.98 Å². The normalized spacial score (nSPS) is 16.5. The highest BCUT2D eigenvalue weighted by Crippen LogP contribution is 2.36. The molecule has 0 amide bonds. The van der Waals surface area contributed by atoms with Crippen molar-refractivity contribution in [3.05, 3.63) is 68.6 Å². The fourth-order valence-electron chi connectivity index (χ4n) is 3.97. The summed E-state index contributed by atoms with van der Waals surface area (Å²) in [7, 11) is -4.42. The molecule has 0 saturated carbocycles. The smallest absolute Gasteiger partial charge is 0.306 e. The number of imidazole rings is 1. The maximum absolute atomic E-state index is 13.0. The van der Waals surface area contributed by atoms with Gasteiger partial charge in [0.2, 0.25) is 10.0 Å². The second-order valence-electron chi connectivity index (χ2n) is 7.39. The average molecular weight is 470 g/mol. The van der Waals surface area contributed by atoms with E-state index in [0.717, 1.165) is 4.31 Å². The summed E-state index contributed by atoms with van der Waals surface area (Å²) < 4.78 is 67.3. The maximum Gasteiger partial charge on any atom is 0.416 e. The van der Waals surface area contributed by atoms with Gasteiger partial charge in [0.25, 0.3) is 5.69 Å². The molecule has 1 N–H and O–H groups in total. The monoisotopic (exact) mass is 470 g/mol. The summed E-state index contributed by atoms with van der Waals surface area (Å²) in [5, 5.41) is 11.3. The minimum absolute atomic E-state index is 0.0445.